The van der Waals surface area contributed by atoms with Crippen molar-refractivity contribution in [2.45, 2.75) is 0 Å². The third-order valence-corrected chi connectivity index (χ3v) is 11.4. The van der Waals surface area contributed by atoms with Crippen molar-refractivity contribution in [3.63, 3.8) is 0 Å². The maximum atomic E-state index is 6.43. The van der Waals surface area contributed by atoms with E-state index in [0.717, 1.165) is 60.2 Å². The van der Waals surface area contributed by atoms with Crippen molar-refractivity contribution in [2.75, 3.05) is 0 Å². The van der Waals surface area contributed by atoms with Crippen LogP contribution in [0.15, 0.2) is 191 Å². The zero-order valence-electron chi connectivity index (χ0n) is 29.1. The van der Waals surface area contributed by atoms with Crippen LogP contribution in [0.2, 0.25) is 0 Å². The molecule has 0 atom stereocenters. The lowest BCUT2D eigenvalue weighted by molar-refractivity contribution is 0.668. The molecule has 250 valence electrons. The highest BCUT2D eigenvalue weighted by Crippen LogP contribution is 2.45. The van der Waals surface area contributed by atoms with E-state index in [1.54, 1.807) is 0 Å². The summed E-state index contributed by atoms with van der Waals surface area (Å²) in [7, 11) is 0. The Bertz CT molecular complexity index is 3430. The average Bonchev–Trinajstić information content (AvgIpc) is 3.77. The van der Waals surface area contributed by atoms with Gasteiger partial charge in [0.05, 0.1) is 0 Å². The average molecular weight is 687 g/mol. The van der Waals surface area contributed by atoms with Gasteiger partial charge in [0.2, 0.25) is 0 Å². The second-order valence-electron chi connectivity index (χ2n) is 14.4. The van der Waals surface area contributed by atoms with Crippen molar-refractivity contribution in [1.82, 2.24) is 0 Å². The molecule has 0 aliphatic heterocycles. The Morgan fingerprint density at radius 2 is 0.685 bits per heavy atom. The number of para-hydroxylation sites is 1. The molecule has 2 heterocycles. The number of rotatable bonds is 3. The SMILES string of the molecule is c1ccc2cc(-c3c4ccccc4c(-c4ccc(-c5ccc6oc7cc8cc9c(cc8cc7c6c5)oc5ccccc59)cc4)c4ccccc34)ccc2c1. The number of fused-ring (bicyclic) bond motifs is 10. The highest BCUT2D eigenvalue weighted by molar-refractivity contribution is 6.22. The van der Waals surface area contributed by atoms with E-state index in [0.29, 0.717) is 0 Å². The maximum Gasteiger partial charge on any atom is 0.136 e. The second kappa shape index (κ2) is 11.2. The molecule has 0 saturated carbocycles. The summed E-state index contributed by atoms with van der Waals surface area (Å²) >= 11 is 0. The molecule has 54 heavy (non-hydrogen) atoms. The van der Waals surface area contributed by atoms with Gasteiger partial charge in [-0.05, 0) is 125 Å². The van der Waals surface area contributed by atoms with Crippen molar-refractivity contribution >= 4 is 87.0 Å². The number of hydrogen-bond acceptors (Lipinski definition) is 2. The normalized spacial score (nSPS) is 12.1. The van der Waals surface area contributed by atoms with E-state index in [9.17, 15) is 0 Å². The highest BCUT2D eigenvalue weighted by atomic mass is 16.3. The molecule has 2 aromatic heterocycles. The Hall–Kier alpha value is -7.16. The Labute approximate surface area is 310 Å². The predicted molar refractivity (Wildman–Crippen MR) is 227 cm³/mol. The van der Waals surface area contributed by atoms with Gasteiger partial charge in [-0.3, -0.25) is 0 Å². The summed E-state index contributed by atoms with van der Waals surface area (Å²) < 4.78 is 12.7. The van der Waals surface area contributed by atoms with Crippen molar-refractivity contribution in [1.29, 1.82) is 0 Å². The molecular weight excluding hydrogens is 657 g/mol. The van der Waals surface area contributed by atoms with E-state index in [2.05, 4.69) is 170 Å². The van der Waals surface area contributed by atoms with Gasteiger partial charge in [0.1, 0.15) is 22.3 Å². The van der Waals surface area contributed by atoms with Gasteiger partial charge in [0.15, 0.2) is 0 Å². The molecule has 0 radical (unpaired) electrons. The molecule has 2 heteroatoms. The third kappa shape index (κ3) is 4.34. The van der Waals surface area contributed by atoms with Crippen molar-refractivity contribution in [2.24, 2.45) is 0 Å². The largest absolute Gasteiger partial charge is 0.456 e. The summed E-state index contributed by atoms with van der Waals surface area (Å²) in [5, 5.41) is 14.3. The van der Waals surface area contributed by atoms with E-state index in [4.69, 9.17) is 8.83 Å². The van der Waals surface area contributed by atoms with E-state index in [1.165, 1.54) is 60.1 Å². The molecule has 0 fully saturated rings. The van der Waals surface area contributed by atoms with Crippen LogP contribution in [-0.4, -0.2) is 0 Å². The minimum Gasteiger partial charge on any atom is -0.456 e. The maximum absolute atomic E-state index is 6.43. The van der Waals surface area contributed by atoms with Crippen LogP contribution in [0, 0.1) is 0 Å². The minimum atomic E-state index is 0.888. The van der Waals surface area contributed by atoms with Gasteiger partial charge in [0, 0.05) is 21.5 Å². The summed E-state index contributed by atoms with van der Waals surface area (Å²) in [5.41, 5.74) is 10.9. The summed E-state index contributed by atoms with van der Waals surface area (Å²) in [6.45, 7) is 0. The zero-order valence-corrected chi connectivity index (χ0v) is 29.1. The van der Waals surface area contributed by atoms with Gasteiger partial charge in [0.25, 0.3) is 0 Å². The Morgan fingerprint density at radius 3 is 1.35 bits per heavy atom. The summed E-state index contributed by atoms with van der Waals surface area (Å²) in [6.07, 6.45) is 0. The topological polar surface area (TPSA) is 26.3 Å². The van der Waals surface area contributed by atoms with Gasteiger partial charge in [-0.15, -0.1) is 0 Å². The summed E-state index contributed by atoms with van der Waals surface area (Å²) in [4.78, 5) is 0. The predicted octanol–water partition coefficient (Wildman–Crippen LogP) is 15.1. The Balaban J connectivity index is 0.979. The van der Waals surface area contributed by atoms with Crippen LogP contribution in [0.1, 0.15) is 0 Å². The molecule has 0 saturated heterocycles. The first kappa shape index (κ1) is 29.4. The lowest BCUT2D eigenvalue weighted by Gasteiger charge is -2.18. The smallest absolute Gasteiger partial charge is 0.136 e. The molecule has 12 aromatic rings. The molecule has 12 rings (SSSR count). The van der Waals surface area contributed by atoms with E-state index < -0.39 is 0 Å². The number of hydrogen-bond donors (Lipinski definition) is 0. The van der Waals surface area contributed by atoms with E-state index in [-0.39, 0.29) is 0 Å². The molecule has 0 unspecified atom stereocenters. The number of furan rings is 2. The monoisotopic (exact) mass is 686 g/mol. The van der Waals surface area contributed by atoms with Gasteiger partial charge in [-0.1, -0.05) is 133 Å². The number of benzene rings is 10. The van der Waals surface area contributed by atoms with Gasteiger partial charge >= 0.3 is 0 Å². The second-order valence-corrected chi connectivity index (χ2v) is 14.4. The molecule has 2 nitrogen and oxygen atoms in total. The molecule has 0 aliphatic rings. The summed E-state index contributed by atoms with van der Waals surface area (Å²) in [5.74, 6) is 0. The standard InChI is InChI=1S/C52H30O2/c1-2-10-34-25-36(22-19-31(34)9-1)52-42-14-5-3-12-40(42)51(41-13-4-6-15-43(41)52)33-20-17-32(18-21-33)35-23-24-48-45(26-35)46-28-38-29-49-44(27-37(38)30-50(46)54-48)39-11-7-8-16-47(39)53-49/h1-30H. The van der Waals surface area contributed by atoms with Crippen LogP contribution in [0.3, 0.4) is 0 Å². The quantitative estimate of drug-likeness (QED) is 0.173. The van der Waals surface area contributed by atoms with E-state index >= 15 is 0 Å². The first-order valence-corrected chi connectivity index (χ1v) is 18.5. The van der Waals surface area contributed by atoms with Crippen LogP contribution in [0.5, 0.6) is 0 Å². The van der Waals surface area contributed by atoms with Crippen LogP contribution in [0.25, 0.3) is 120 Å². The van der Waals surface area contributed by atoms with Crippen LogP contribution in [0.4, 0.5) is 0 Å². The lowest BCUT2D eigenvalue weighted by Crippen LogP contribution is -1.91. The molecule has 0 N–H and O–H groups in total. The third-order valence-electron chi connectivity index (χ3n) is 11.4. The zero-order chi connectivity index (χ0) is 35.3. The Morgan fingerprint density at radius 1 is 0.222 bits per heavy atom. The molecular formula is C52H30O2. The molecule has 10 aromatic carbocycles. The Kier molecular flexibility index (Phi) is 6.09. The molecule has 0 bridgehead atoms. The van der Waals surface area contributed by atoms with Crippen molar-refractivity contribution < 1.29 is 8.83 Å². The summed E-state index contributed by atoms with van der Waals surface area (Å²) in [6, 6.07) is 65.8. The van der Waals surface area contributed by atoms with Crippen molar-refractivity contribution in [3.8, 4) is 33.4 Å². The van der Waals surface area contributed by atoms with Crippen LogP contribution in [-0.2, 0) is 0 Å². The fourth-order valence-electron chi connectivity index (χ4n) is 8.85. The first-order chi connectivity index (χ1) is 26.7. The molecule has 0 amide bonds. The van der Waals surface area contributed by atoms with Crippen LogP contribution < -0.4 is 0 Å². The van der Waals surface area contributed by atoms with Crippen molar-refractivity contribution in [3.05, 3.63) is 182 Å². The fourth-order valence-corrected chi connectivity index (χ4v) is 8.85. The highest BCUT2D eigenvalue weighted by Gasteiger charge is 2.18. The van der Waals surface area contributed by atoms with Gasteiger partial charge in [-0.2, -0.15) is 0 Å². The van der Waals surface area contributed by atoms with Crippen LogP contribution >= 0.6 is 0 Å². The lowest BCUT2D eigenvalue weighted by atomic mass is 9.85. The fraction of sp³-hybridized carbons (Fsp3) is 0. The molecule has 0 spiro atoms. The first-order valence-electron chi connectivity index (χ1n) is 18.5. The van der Waals surface area contributed by atoms with Gasteiger partial charge in [-0.25, -0.2) is 0 Å². The van der Waals surface area contributed by atoms with E-state index in [1.807, 2.05) is 12.1 Å². The molecule has 0 aliphatic carbocycles. The minimum absolute atomic E-state index is 0.888. The van der Waals surface area contributed by atoms with Gasteiger partial charge < -0.3 is 8.83 Å².